The molecule has 0 fully saturated rings. The predicted molar refractivity (Wildman–Crippen MR) is 385 cm³/mol. The minimum absolute atomic E-state index is 0.00322. The van der Waals surface area contributed by atoms with Crippen molar-refractivity contribution in [1.82, 2.24) is 9.13 Å². The Bertz CT molecular complexity index is 6710. The van der Waals surface area contributed by atoms with Gasteiger partial charge in [0.05, 0.1) is 58.1 Å². The van der Waals surface area contributed by atoms with Gasteiger partial charge in [0.15, 0.2) is 0 Å². The summed E-state index contributed by atoms with van der Waals surface area (Å²) in [6, 6.07) is 39.2. The first-order valence-electron chi connectivity index (χ1n) is 40.5. The van der Waals surface area contributed by atoms with Gasteiger partial charge in [0, 0.05) is 88.0 Å². The van der Waals surface area contributed by atoms with Crippen LogP contribution in [0.1, 0.15) is 56.5 Å². The Hall–Kier alpha value is -10.9. The number of hydrogen-bond donors (Lipinski definition) is 0. The molecule has 0 amide bonds. The maximum atomic E-state index is 11.6. The zero-order valence-electron chi connectivity index (χ0n) is 70.4. The molecular weight excluding hydrogens is 1110 g/mol. The van der Waals surface area contributed by atoms with Crippen molar-refractivity contribution in [3.8, 4) is 55.9 Å². The van der Waals surface area contributed by atoms with E-state index in [-0.39, 0.29) is 64.3 Å². The van der Waals surface area contributed by atoms with Crippen molar-refractivity contribution < 1.29 is 30.2 Å². The Morgan fingerprint density at radius 1 is 0.378 bits per heavy atom. The Morgan fingerprint density at radius 3 is 1.21 bits per heavy atom. The van der Waals surface area contributed by atoms with Crippen molar-refractivity contribution in [2.45, 2.75) is 26.2 Å². The third-order valence-corrected chi connectivity index (χ3v) is 18.5. The van der Waals surface area contributed by atoms with Crippen LogP contribution < -0.4 is 26.2 Å². The predicted octanol–water partition coefficient (Wildman–Crippen LogP) is 21.1. The highest BCUT2D eigenvalue weighted by molar-refractivity contribution is 7.25. The van der Waals surface area contributed by atoms with E-state index in [4.69, 9.17) is 6.85 Å². The van der Waals surface area contributed by atoms with Gasteiger partial charge in [0.2, 0.25) is 0 Å². The molecule has 0 spiro atoms. The first kappa shape index (κ1) is 34.6. The average Bonchev–Trinajstić information content (AvgIpc) is 1.17. The average molecular weight is 1190 g/mol. The smallest absolute Gasteiger partial charge is 0.252 e. The second-order valence-corrected chi connectivity index (χ2v) is 24.4. The lowest BCUT2D eigenvalue weighted by Gasteiger charge is -2.46. The van der Waals surface area contributed by atoms with Crippen LogP contribution in [0.3, 0.4) is 0 Å². The lowest BCUT2D eigenvalue weighted by molar-refractivity contribution is 0.590. The third kappa shape index (κ3) is 7.94. The number of fused-ring (bicyclic) bond motifs is 12. The number of hydrogen-bond acceptors (Lipinski definition) is 3. The number of aromatic nitrogens is 2. The molecule has 0 N–H and O–H groups in total. The molecule has 90 heavy (non-hydrogen) atoms. The summed E-state index contributed by atoms with van der Waals surface area (Å²) in [7, 11) is 0. The van der Waals surface area contributed by atoms with Crippen LogP contribution in [0, 0.1) is 0 Å². The molecule has 0 aliphatic carbocycles. The largest absolute Gasteiger partial charge is 0.310 e. The Labute approximate surface area is 559 Å². The van der Waals surface area contributed by atoms with Crippen molar-refractivity contribution in [2.24, 2.45) is 0 Å². The van der Waals surface area contributed by atoms with Crippen LogP contribution in [0.5, 0.6) is 0 Å². The topological polar surface area (TPSA) is 16.3 Å². The highest BCUT2D eigenvalue weighted by Crippen LogP contribution is 2.54. The van der Waals surface area contributed by atoms with Crippen molar-refractivity contribution in [1.29, 1.82) is 0 Å². The number of rotatable bonds is 8. The summed E-state index contributed by atoms with van der Waals surface area (Å²) >= 11 is 0.832. The molecule has 6 heteroatoms. The molecule has 0 saturated carbocycles. The van der Waals surface area contributed by atoms with Gasteiger partial charge < -0.3 is 18.9 Å². The molecule has 0 unspecified atom stereocenters. The van der Waals surface area contributed by atoms with Gasteiger partial charge in [-0.2, -0.15) is 0 Å². The van der Waals surface area contributed by atoms with Gasteiger partial charge in [-0.15, -0.1) is 11.3 Å². The molecule has 0 radical (unpaired) electrons. The van der Waals surface area contributed by atoms with Crippen LogP contribution >= 0.6 is 11.3 Å². The number of anilines is 6. The normalized spacial score (nSPS) is 16.2. The molecule has 0 bridgehead atoms. The molecule has 18 rings (SSSR count). The SMILES string of the molecule is [2H]c1c([2H])c(-n2c3sc4c([2H])c([2H])c([2H])c([2H])c4c3c3c([2H])c([2H])c([2H])c([2H])c32)c([2H])c2c1B1c3c(cc(C(C)(C)C)cc3N(c3c(-c4ccccc4)cccc3-c3ccccc3)c3c([2H])c(-n4c5c([2H])c([2H])c([2H])c([2H])c5c5c([2H])c([2H])c([2H])c([2H])c54)c([2H])c([2H])c31)N2c1c(-c2ccccc2)cccc1-c1ccccc1. The van der Waals surface area contributed by atoms with E-state index in [9.17, 15) is 23.3 Å². The maximum absolute atomic E-state index is 11.6. The Kier molecular flexibility index (Phi) is 7.81. The third-order valence-electron chi connectivity index (χ3n) is 17.4. The minimum atomic E-state index is -1.58. The van der Waals surface area contributed by atoms with Crippen LogP contribution in [-0.4, -0.2) is 15.8 Å². The van der Waals surface area contributed by atoms with Gasteiger partial charge in [-0.3, -0.25) is 0 Å². The van der Waals surface area contributed by atoms with Gasteiger partial charge in [-0.1, -0.05) is 263 Å². The lowest BCUT2D eigenvalue weighted by atomic mass is 9.33. The van der Waals surface area contributed by atoms with Crippen LogP contribution in [0.4, 0.5) is 34.1 Å². The fourth-order valence-electron chi connectivity index (χ4n) is 13.4. The summed E-state index contributed by atoms with van der Waals surface area (Å²) < 4.78 is 219. The second-order valence-electron chi connectivity index (χ2n) is 23.4. The fraction of sp³-hybridized carbons (Fsp3) is 0.0476. The summed E-state index contributed by atoms with van der Waals surface area (Å²) in [6.45, 7) is 4.48. The van der Waals surface area contributed by atoms with Crippen molar-refractivity contribution in [2.75, 3.05) is 9.80 Å². The second kappa shape index (κ2) is 20.3. The van der Waals surface area contributed by atoms with Crippen molar-refractivity contribution in [3.05, 3.63) is 308 Å². The molecule has 2 aliphatic rings. The number of thiophene rings is 1. The van der Waals surface area contributed by atoms with E-state index < -0.39 is 167 Å². The lowest BCUT2D eigenvalue weighted by Crippen LogP contribution is -2.61. The molecule has 4 nitrogen and oxygen atoms in total. The Morgan fingerprint density at radius 2 is 0.767 bits per heavy atom. The van der Waals surface area contributed by atoms with Gasteiger partial charge in [-0.05, 0) is 110 Å². The zero-order valence-corrected chi connectivity index (χ0v) is 49.3. The molecule has 3 aromatic heterocycles. The van der Waals surface area contributed by atoms with Gasteiger partial charge in [0.1, 0.15) is 4.83 Å². The first-order valence-corrected chi connectivity index (χ1v) is 30.3. The number of para-hydroxylation sites is 5. The van der Waals surface area contributed by atoms with E-state index in [1.54, 1.807) is 0 Å². The molecule has 2 aliphatic heterocycles. The zero-order chi connectivity index (χ0) is 78.9. The monoisotopic (exact) mass is 1190 g/mol. The first-order chi connectivity index (χ1) is 53.5. The summed E-state index contributed by atoms with van der Waals surface area (Å²) in [5.41, 5.74) is 4.34. The van der Waals surface area contributed by atoms with Crippen LogP contribution in [0.2, 0.25) is 0 Å². The fourth-order valence-corrected chi connectivity index (χ4v) is 14.6. The van der Waals surface area contributed by atoms with Crippen molar-refractivity contribution in [3.63, 3.8) is 0 Å². The van der Waals surface area contributed by atoms with E-state index in [1.807, 2.05) is 200 Å². The van der Waals surface area contributed by atoms with Crippen molar-refractivity contribution >= 4 is 122 Å². The summed E-state index contributed by atoms with van der Waals surface area (Å²) in [5.74, 6) is 0. The van der Waals surface area contributed by atoms with E-state index in [1.165, 1.54) is 4.57 Å². The summed E-state index contributed by atoms with van der Waals surface area (Å²) in [4.78, 5) is 3.76. The summed E-state index contributed by atoms with van der Waals surface area (Å²) in [6.07, 6.45) is 0. The molecule has 5 heterocycles. The molecule has 0 saturated heterocycles. The van der Waals surface area contributed by atoms with Gasteiger partial charge >= 0.3 is 0 Å². The quantitative estimate of drug-likeness (QED) is 0.141. The van der Waals surface area contributed by atoms with Gasteiger partial charge in [0.25, 0.3) is 6.71 Å². The van der Waals surface area contributed by atoms with E-state index in [0.29, 0.717) is 78.3 Å². The van der Waals surface area contributed by atoms with E-state index in [0.717, 1.165) is 15.9 Å². The minimum Gasteiger partial charge on any atom is -0.310 e. The van der Waals surface area contributed by atoms with E-state index in [2.05, 4.69) is 0 Å². The summed E-state index contributed by atoms with van der Waals surface area (Å²) in [5, 5.41) is -0.940. The Balaban J connectivity index is 1.10. The van der Waals surface area contributed by atoms with Gasteiger partial charge in [-0.25, -0.2) is 0 Å². The molecule has 13 aromatic carbocycles. The highest BCUT2D eigenvalue weighted by atomic mass is 32.1. The molecular formula is C84H59BN4S. The number of benzene rings is 13. The van der Waals surface area contributed by atoms with Crippen LogP contribution in [-0.2, 0) is 5.41 Å². The highest BCUT2D eigenvalue weighted by Gasteiger charge is 2.46. The molecule has 16 aromatic rings. The maximum Gasteiger partial charge on any atom is 0.252 e. The standard InChI is InChI=1S/C84H59BN4S/c1-84(2,3)58-50-76-80-77(51-58)89(82-63(56-30-12-6-13-31-56)40-25-41-64(82)57-32-14-7-15-33-57)75-53-60(87-73-44-22-18-36-67(73)79-68-37-19-23-45-78(68)90-83(79)87)47-49-70(75)85(80)69-48-46-59(86-71-42-20-16-34-65(71)66-35-17-21-43-72(66)86)52-74(69)88(76)81-61(54-26-8-4-9-27-54)38-24-39-62(81)55-28-10-5-11-29-55/h4-53H,1-3H3/i16D,17D,18D,19D,20D,21D,22D,23D,34D,35D,36D,37D,42D,43D,44D,45D,46D,47D,48D,49D,52D,53D. The van der Waals surface area contributed by atoms with E-state index >= 15 is 0 Å². The van der Waals surface area contributed by atoms with Crippen LogP contribution in [0.15, 0.2) is 303 Å². The molecule has 424 valence electrons. The molecule has 0 atom stereocenters. The van der Waals surface area contributed by atoms with Crippen LogP contribution in [0.25, 0.3) is 109 Å². The number of nitrogens with zero attached hydrogens (tertiary/aromatic N) is 4.